The topological polar surface area (TPSA) is 20.2 Å². The Hall–Kier alpha value is -0.830. The molecule has 0 bridgehead atoms. The Labute approximate surface area is 111 Å². The molecule has 0 spiro atoms. The van der Waals surface area contributed by atoms with Crippen LogP contribution in [-0.4, -0.2) is 5.11 Å². The predicted octanol–water partition coefficient (Wildman–Crippen LogP) is 4.29. The van der Waals surface area contributed by atoms with Crippen molar-refractivity contribution in [1.82, 2.24) is 0 Å². The Balaban J connectivity index is 2.15. The molecule has 1 aromatic carbocycles. The van der Waals surface area contributed by atoms with Crippen LogP contribution < -0.4 is 0 Å². The van der Waals surface area contributed by atoms with Gasteiger partial charge in [-0.15, -0.1) is 11.3 Å². The van der Waals surface area contributed by atoms with E-state index < -0.39 is 6.10 Å². The molecule has 0 saturated heterocycles. The van der Waals surface area contributed by atoms with Crippen LogP contribution in [0.15, 0.2) is 29.6 Å². The minimum atomic E-state index is -0.464. The Morgan fingerprint density at radius 3 is 2.35 bits per heavy atom. The van der Waals surface area contributed by atoms with E-state index in [0.29, 0.717) is 11.4 Å². The number of thiophene rings is 1. The van der Waals surface area contributed by atoms with E-state index in [2.05, 4.69) is 32.0 Å². The summed E-state index contributed by atoms with van der Waals surface area (Å²) in [6, 6.07) is 8.20. The predicted molar refractivity (Wildman–Crippen MR) is 73.9 cm³/mol. The van der Waals surface area contributed by atoms with Gasteiger partial charge >= 0.3 is 0 Å². The van der Waals surface area contributed by atoms with E-state index in [1.807, 2.05) is 11.4 Å². The lowest BCUT2D eigenvalue weighted by molar-refractivity contribution is 0.182. The zero-order valence-corrected chi connectivity index (χ0v) is 11.5. The summed E-state index contributed by atoms with van der Waals surface area (Å²) in [4.78, 5) is 0.925. The van der Waals surface area contributed by atoms with Crippen molar-refractivity contribution >= 4 is 22.9 Å². The van der Waals surface area contributed by atoms with Gasteiger partial charge in [0.25, 0.3) is 0 Å². The average molecular weight is 267 g/mol. The van der Waals surface area contributed by atoms with Crippen LogP contribution >= 0.6 is 22.9 Å². The first kappa shape index (κ1) is 12.6. The molecule has 1 heterocycles. The molecule has 0 amide bonds. The normalized spacial score (nSPS) is 12.7. The molecule has 0 saturated carbocycles. The highest BCUT2D eigenvalue weighted by Gasteiger charge is 2.11. The Morgan fingerprint density at radius 1 is 1.18 bits per heavy atom. The number of hydrogen-bond donors (Lipinski definition) is 1. The largest absolute Gasteiger partial charge is 0.387 e. The van der Waals surface area contributed by atoms with Crippen LogP contribution in [0.3, 0.4) is 0 Å². The lowest BCUT2D eigenvalue weighted by Crippen LogP contribution is -2.00. The molecular weight excluding hydrogens is 252 g/mol. The summed E-state index contributed by atoms with van der Waals surface area (Å²) in [6.45, 7) is 4.15. The number of benzene rings is 1. The van der Waals surface area contributed by atoms with Gasteiger partial charge in [0.1, 0.15) is 0 Å². The van der Waals surface area contributed by atoms with Crippen LogP contribution in [0.25, 0.3) is 0 Å². The van der Waals surface area contributed by atoms with Gasteiger partial charge in [-0.2, -0.15) is 0 Å². The van der Waals surface area contributed by atoms with E-state index >= 15 is 0 Å². The second kappa shape index (κ2) is 5.21. The van der Waals surface area contributed by atoms with Gasteiger partial charge in [-0.05, 0) is 25.5 Å². The van der Waals surface area contributed by atoms with Crippen molar-refractivity contribution in [3.05, 3.63) is 56.2 Å². The highest BCUT2D eigenvalue weighted by Crippen LogP contribution is 2.27. The van der Waals surface area contributed by atoms with E-state index in [-0.39, 0.29) is 0 Å². The SMILES string of the molecule is Cc1cc(C)cc(CC(O)c2cc(Cl)cs2)c1. The van der Waals surface area contributed by atoms with E-state index in [0.717, 1.165) is 4.88 Å². The number of aliphatic hydroxyl groups excluding tert-OH is 1. The molecule has 17 heavy (non-hydrogen) atoms. The summed E-state index contributed by atoms with van der Waals surface area (Å²) >= 11 is 7.36. The zero-order valence-electron chi connectivity index (χ0n) is 9.90. The first-order valence-electron chi connectivity index (χ1n) is 5.54. The molecule has 2 aromatic rings. The van der Waals surface area contributed by atoms with Gasteiger partial charge in [0.2, 0.25) is 0 Å². The third-order valence-electron chi connectivity index (χ3n) is 2.63. The molecule has 1 N–H and O–H groups in total. The van der Waals surface area contributed by atoms with Gasteiger partial charge in [-0.3, -0.25) is 0 Å². The summed E-state index contributed by atoms with van der Waals surface area (Å²) in [5, 5.41) is 12.7. The van der Waals surface area contributed by atoms with Crippen molar-refractivity contribution in [3.63, 3.8) is 0 Å². The summed E-state index contributed by atoms with van der Waals surface area (Å²) in [5.74, 6) is 0. The molecule has 1 aromatic heterocycles. The van der Waals surface area contributed by atoms with Crippen molar-refractivity contribution in [1.29, 1.82) is 0 Å². The Morgan fingerprint density at radius 2 is 1.82 bits per heavy atom. The lowest BCUT2D eigenvalue weighted by Gasteiger charge is -2.10. The highest BCUT2D eigenvalue weighted by molar-refractivity contribution is 7.10. The molecule has 1 atom stereocenters. The maximum absolute atomic E-state index is 10.1. The van der Waals surface area contributed by atoms with Crippen LogP contribution in [-0.2, 0) is 6.42 Å². The highest BCUT2D eigenvalue weighted by atomic mass is 35.5. The summed E-state index contributed by atoms with van der Waals surface area (Å²) in [7, 11) is 0. The van der Waals surface area contributed by atoms with Crippen LogP contribution in [0.5, 0.6) is 0 Å². The van der Waals surface area contributed by atoms with E-state index in [4.69, 9.17) is 11.6 Å². The molecular formula is C14H15ClOS. The van der Waals surface area contributed by atoms with E-state index in [1.54, 1.807) is 0 Å². The van der Waals surface area contributed by atoms with Gasteiger partial charge < -0.3 is 5.11 Å². The van der Waals surface area contributed by atoms with Crippen LogP contribution in [0.4, 0.5) is 0 Å². The van der Waals surface area contributed by atoms with Crippen LogP contribution in [0, 0.1) is 13.8 Å². The van der Waals surface area contributed by atoms with Crippen molar-refractivity contribution in [2.45, 2.75) is 26.4 Å². The third kappa shape index (κ3) is 3.32. The standard InChI is InChI=1S/C14H15ClOS/c1-9-3-10(2)5-11(4-9)6-13(16)14-7-12(15)8-17-14/h3-5,7-8,13,16H,6H2,1-2H3. The number of aryl methyl sites for hydroxylation is 2. The molecule has 90 valence electrons. The van der Waals surface area contributed by atoms with Crippen molar-refractivity contribution in [3.8, 4) is 0 Å². The summed E-state index contributed by atoms with van der Waals surface area (Å²) < 4.78 is 0. The Bertz CT molecular complexity index is 498. The lowest BCUT2D eigenvalue weighted by atomic mass is 10.0. The third-order valence-corrected chi connectivity index (χ3v) is 4.01. The van der Waals surface area contributed by atoms with Gasteiger partial charge in [0.05, 0.1) is 11.1 Å². The fourth-order valence-electron chi connectivity index (χ4n) is 2.01. The summed E-state index contributed by atoms with van der Waals surface area (Å²) in [5.41, 5.74) is 3.63. The fourth-order valence-corrected chi connectivity index (χ4v) is 3.08. The van der Waals surface area contributed by atoms with E-state index in [1.165, 1.54) is 28.0 Å². The minimum absolute atomic E-state index is 0.464. The number of hydrogen-bond acceptors (Lipinski definition) is 2. The van der Waals surface area contributed by atoms with Gasteiger partial charge in [-0.1, -0.05) is 40.9 Å². The molecule has 1 unspecified atom stereocenters. The fraction of sp³-hybridized carbons (Fsp3) is 0.286. The Kier molecular flexibility index (Phi) is 3.87. The van der Waals surface area contributed by atoms with E-state index in [9.17, 15) is 5.11 Å². The minimum Gasteiger partial charge on any atom is -0.387 e. The van der Waals surface area contributed by atoms with Crippen LogP contribution in [0.2, 0.25) is 5.02 Å². The molecule has 0 fully saturated rings. The zero-order chi connectivity index (χ0) is 12.4. The summed E-state index contributed by atoms with van der Waals surface area (Å²) in [6.07, 6.45) is 0.174. The number of rotatable bonds is 3. The van der Waals surface area contributed by atoms with Crippen molar-refractivity contribution in [2.24, 2.45) is 0 Å². The average Bonchev–Trinajstić information content (AvgIpc) is 2.63. The van der Waals surface area contributed by atoms with Gasteiger partial charge in [-0.25, -0.2) is 0 Å². The molecule has 0 radical (unpaired) electrons. The number of halogens is 1. The molecule has 3 heteroatoms. The smallest absolute Gasteiger partial charge is 0.0922 e. The molecule has 0 aliphatic heterocycles. The second-order valence-electron chi connectivity index (χ2n) is 4.38. The monoisotopic (exact) mass is 266 g/mol. The number of aliphatic hydroxyl groups is 1. The molecule has 0 aliphatic rings. The second-order valence-corrected chi connectivity index (χ2v) is 5.76. The van der Waals surface area contributed by atoms with Gasteiger partial charge in [0.15, 0.2) is 0 Å². The molecule has 2 rings (SSSR count). The maximum atomic E-state index is 10.1. The first-order chi connectivity index (χ1) is 8.04. The van der Waals surface area contributed by atoms with Crippen molar-refractivity contribution < 1.29 is 5.11 Å². The first-order valence-corrected chi connectivity index (χ1v) is 6.79. The quantitative estimate of drug-likeness (QED) is 0.878. The molecule has 1 nitrogen and oxygen atoms in total. The van der Waals surface area contributed by atoms with Crippen molar-refractivity contribution in [2.75, 3.05) is 0 Å². The van der Waals surface area contributed by atoms with Gasteiger partial charge in [0, 0.05) is 16.7 Å². The molecule has 0 aliphatic carbocycles. The van der Waals surface area contributed by atoms with Crippen LogP contribution in [0.1, 0.15) is 27.7 Å². The maximum Gasteiger partial charge on any atom is 0.0922 e.